The molecule has 1 amide bonds. The Morgan fingerprint density at radius 1 is 1.27 bits per heavy atom. The Bertz CT molecular complexity index is 1080. The minimum atomic E-state index is -0.760. The summed E-state index contributed by atoms with van der Waals surface area (Å²) in [5.74, 6) is -1.14. The van der Waals surface area contributed by atoms with Crippen LogP contribution in [0, 0.1) is 5.82 Å². The number of halogens is 1. The Kier molecular flexibility index (Phi) is 5.54. The second-order valence-electron chi connectivity index (χ2n) is 7.64. The number of nitrogens with zero attached hydrogens (tertiary/aromatic N) is 3. The zero-order valence-corrected chi connectivity index (χ0v) is 16.9. The maximum absolute atomic E-state index is 14.6. The van der Waals surface area contributed by atoms with E-state index in [4.69, 9.17) is 11.5 Å². The molecule has 1 aliphatic rings. The summed E-state index contributed by atoms with van der Waals surface area (Å²) < 4.78 is 16.5. The molecule has 3 aromatic rings. The zero-order valence-electron chi connectivity index (χ0n) is 16.9. The number of carbonyl (C=O) groups is 1. The van der Waals surface area contributed by atoms with Gasteiger partial charge in [-0.25, -0.2) is 9.37 Å². The highest BCUT2D eigenvalue weighted by atomic mass is 19.1. The number of anilines is 3. The van der Waals surface area contributed by atoms with Crippen molar-refractivity contribution in [2.45, 2.75) is 51.2 Å². The quantitative estimate of drug-likeness (QED) is 0.494. The second-order valence-corrected chi connectivity index (χ2v) is 7.64. The first-order chi connectivity index (χ1) is 14.5. The van der Waals surface area contributed by atoms with Crippen LogP contribution < -0.4 is 22.1 Å². The van der Waals surface area contributed by atoms with Crippen molar-refractivity contribution in [3.8, 4) is 0 Å². The van der Waals surface area contributed by atoms with E-state index in [1.807, 2.05) is 29.8 Å². The third-order valence-electron chi connectivity index (χ3n) is 5.59. The van der Waals surface area contributed by atoms with E-state index in [9.17, 15) is 9.18 Å². The maximum atomic E-state index is 14.6. The normalized spacial score (nSPS) is 19.0. The number of hydrogen-bond acceptors (Lipinski definition) is 6. The van der Waals surface area contributed by atoms with E-state index in [1.54, 1.807) is 6.20 Å². The highest BCUT2D eigenvalue weighted by Gasteiger charge is 2.24. The maximum Gasteiger partial charge on any atom is 0.252 e. The van der Waals surface area contributed by atoms with Gasteiger partial charge in [0.05, 0.1) is 17.3 Å². The van der Waals surface area contributed by atoms with Crippen LogP contribution in [0.25, 0.3) is 10.9 Å². The average Bonchev–Trinajstić information content (AvgIpc) is 3.14. The number of pyridine rings is 1. The van der Waals surface area contributed by atoms with E-state index in [0.29, 0.717) is 5.69 Å². The molecule has 0 saturated heterocycles. The number of aromatic nitrogens is 3. The topological polar surface area (TPSA) is 124 Å². The first kappa shape index (κ1) is 20.1. The lowest BCUT2D eigenvalue weighted by Crippen LogP contribution is -2.43. The van der Waals surface area contributed by atoms with Gasteiger partial charge in [0, 0.05) is 29.7 Å². The van der Waals surface area contributed by atoms with Crippen LogP contribution in [0.5, 0.6) is 0 Å². The predicted octanol–water partition coefficient (Wildman–Crippen LogP) is 3.11. The van der Waals surface area contributed by atoms with Gasteiger partial charge in [-0.15, -0.1) is 0 Å². The van der Waals surface area contributed by atoms with Gasteiger partial charge in [-0.05, 0) is 44.0 Å². The van der Waals surface area contributed by atoms with Crippen molar-refractivity contribution in [2.75, 3.05) is 10.6 Å². The van der Waals surface area contributed by atoms with Gasteiger partial charge in [0.2, 0.25) is 0 Å². The summed E-state index contributed by atoms with van der Waals surface area (Å²) in [5.41, 5.74) is 13.3. The Morgan fingerprint density at radius 3 is 2.80 bits per heavy atom. The molecule has 2 aromatic heterocycles. The van der Waals surface area contributed by atoms with E-state index in [-0.39, 0.29) is 29.3 Å². The fourth-order valence-electron chi connectivity index (χ4n) is 3.94. The monoisotopic (exact) mass is 411 g/mol. The number of primary amides is 1. The van der Waals surface area contributed by atoms with Crippen molar-refractivity contribution < 1.29 is 9.18 Å². The number of benzene rings is 1. The Morgan fingerprint density at radius 2 is 2.07 bits per heavy atom. The first-order valence-electron chi connectivity index (χ1n) is 10.2. The lowest BCUT2D eigenvalue weighted by molar-refractivity contribution is 0.100. The Hall–Kier alpha value is -3.20. The summed E-state index contributed by atoms with van der Waals surface area (Å²) >= 11 is 0. The number of nitrogens with one attached hydrogen (secondary N) is 2. The molecule has 6 N–H and O–H groups in total. The second kappa shape index (κ2) is 8.27. The van der Waals surface area contributed by atoms with Crippen LogP contribution in [0.4, 0.5) is 21.7 Å². The molecule has 30 heavy (non-hydrogen) atoms. The number of carbonyl (C=O) groups excluding carboxylic acids is 1. The Labute approximate surface area is 173 Å². The third kappa shape index (κ3) is 3.93. The molecular formula is C21H26FN7O. The van der Waals surface area contributed by atoms with Gasteiger partial charge in [-0.1, -0.05) is 12.8 Å². The number of fused-ring (bicyclic) bond motifs is 1. The molecule has 158 valence electrons. The van der Waals surface area contributed by atoms with E-state index in [2.05, 4.69) is 20.7 Å². The molecule has 0 bridgehead atoms. The summed E-state index contributed by atoms with van der Waals surface area (Å²) in [6, 6.07) is 6.67. The van der Waals surface area contributed by atoms with Gasteiger partial charge in [-0.3, -0.25) is 9.48 Å². The summed E-state index contributed by atoms with van der Waals surface area (Å²) in [6.07, 6.45) is 5.60. The van der Waals surface area contributed by atoms with E-state index >= 15 is 0 Å². The fraction of sp³-hybridized carbons (Fsp3) is 0.381. The molecule has 0 spiro atoms. The molecule has 0 radical (unpaired) electrons. The lowest BCUT2D eigenvalue weighted by atomic mass is 9.91. The molecule has 2 unspecified atom stereocenters. The number of nitrogens with two attached hydrogens (primary N) is 2. The molecule has 9 heteroatoms. The lowest BCUT2D eigenvalue weighted by Gasteiger charge is -2.30. The molecule has 1 saturated carbocycles. The fourth-order valence-corrected chi connectivity index (χ4v) is 3.94. The highest BCUT2D eigenvalue weighted by molar-refractivity contribution is 5.99. The molecule has 0 aliphatic heterocycles. The first-order valence-corrected chi connectivity index (χ1v) is 10.2. The number of amides is 1. The van der Waals surface area contributed by atoms with Gasteiger partial charge in [-0.2, -0.15) is 5.10 Å². The van der Waals surface area contributed by atoms with Gasteiger partial charge < -0.3 is 22.1 Å². The number of aryl methyl sites for hydroxylation is 1. The summed E-state index contributed by atoms with van der Waals surface area (Å²) in [6.45, 7) is 2.78. The van der Waals surface area contributed by atoms with Gasteiger partial charge in [0.15, 0.2) is 11.6 Å². The van der Waals surface area contributed by atoms with Crippen LogP contribution in [-0.2, 0) is 6.54 Å². The zero-order chi connectivity index (χ0) is 21.3. The molecular weight excluding hydrogens is 385 g/mol. The van der Waals surface area contributed by atoms with Crippen LogP contribution in [0.1, 0.15) is 43.0 Å². The van der Waals surface area contributed by atoms with Gasteiger partial charge in [0.1, 0.15) is 5.82 Å². The predicted molar refractivity (Wildman–Crippen MR) is 115 cm³/mol. The molecule has 2 heterocycles. The van der Waals surface area contributed by atoms with Crippen LogP contribution >= 0.6 is 0 Å². The van der Waals surface area contributed by atoms with Crippen LogP contribution in [-0.4, -0.2) is 32.8 Å². The third-order valence-corrected chi connectivity index (χ3v) is 5.59. The molecule has 1 fully saturated rings. The highest BCUT2D eigenvalue weighted by Crippen LogP contribution is 2.28. The molecule has 1 aromatic carbocycles. The number of rotatable bonds is 6. The summed E-state index contributed by atoms with van der Waals surface area (Å²) in [5, 5.41) is 11.5. The molecule has 8 nitrogen and oxygen atoms in total. The average molecular weight is 411 g/mol. The SMILES string of the molecule is CCn1ncc2cc(Nc3nc(NC4CCCCC4N)c(F)cc3C(N)=O)ccc21. The van der Waals surface area contributed by atoms with E-state index in [1.165, 1.54) is 0 Å². The van der Waals surface area contributed by atoms with Crippen LogP contribution in [0.2, 0.25) is 0 Å². The van der Waals surface area contributed by atoms with Crippen molar-refractivity contribution in [2.24, 2.45) is 11.5 Å². The minimum absolute atomic E-state index is 0.0182. The summed E-state index contributed by atoms with van der Waals surface area (Å²) in [7, 11) is 0. The minimum Gasteiger partial charge on any atom is -0.365 e. The van der Waals surface area contributed by atoms with Crippen molar-refractivity contribution in [3.05, 3.63) is 41.8 Å². The van der Waals surface area contributed by atoms with Gasteiger partial charge in [0.25, 0.3) is 5.91 Å². The van der Waals surface area contributed by atoms with Crippen molar-refractivity contribution in [3.63, 3.8) is 0 Å². The standard InChI is InChI=1S/C21H26FN7O/c1-2-29-18-8-7-13(9-12(18)11-25-29)26-20-14(19(24)30)10-15(22)21(28-20)27-17-6-4-3-5-16(17)23/h7-11,16-17H,2-6,23H2,1H3,(H2,24,30)(H2,26,27,28). The van der Waals surface area contributed by atoms with E-state index < -0.39 is 11.7 Å². The summed E-state index contributed by atoms with van der Waals surface area (Å²) in [4.78, 5) is 16.2. The largest absolute Gasteiger partial charge is 0.365 e. The Balaban J connectivity index is 1.66. The van der Waals surface area contributed by atoms with E-state index in [0.717, 1.165) is 49.2 Å². The number of hydrogen-bond donors (Lipinski definition) is 4. The smallest absolute Gasteiger partial charge is 0.252 e. The molecule has 2 atom stereocenters. The van der Waals surface area contributed by atoms with Crippen molar-refractivity contribution >= 4 is 34.1 Å². The van der Waals surface area contributed by atoms with Crippen LogP contribution in [0.3, 0.4) is 0 Å². The van der Waals surface area contributed by atoms with Crippen molar-refractivity contribution in [1.29, 1.82) is 0 Å². The molecule has 1 aliphatic carbocycles. The van der Waals surface area contributed by atoms with Crippen LogP contribution in [0.15, 0.2) is 30.5 Å². The van der Waals surface area contributed by atoms with Gasteiger partial charge >= 0.3 is 0 Å². The van der Waals surface area contributed by atoms with Crippen molar-refractivity contribution in [1.82, 2.24) is 14.8 Å². The molecule has 4 rings (SSSR count).